The molecule has 1 aromatic heterocycles. The minimum Gasteiger partial charge on any atom is -0.356 e. The highest BCUT2D eigenvalue weighted by Crippen LogP contribution is 2.26. The second-order valence-electron chi connectivity index (χ2n) is 6.76. The van der Waals surface area contributed by atoms with Crippen LogP contribution in [0, 0.1) is 0 Å². The van der Waals surface area contributed by atoms with Gasteiger partial charge in [0.05, 0.1) is 0 Å². The van der Waals surface area contributed by atoms with Gasteiger partial charge in [0, 0.05) is 36.0 Å². The first-order valence-electron chi connectivity index (χ1n) is 9.26. The smallest absolute Gasteiger partial charge is 0.163 e. The molecule has 0 unspecified atom stereocenters. The topological polar surface area (TPSA) is 58.1 Å². The van der Waals surface area contributed by atoms with E-state index in [1.807, 2.05) is 60.7 Å². The van der Waals surface area contributed by atoms with Gasteiger partial charge in [-0.1, -0.05) is 42.5 Å². The van der Waals surface area contributed by atoms with Crippen molar-refractivity contribution in [3.8, 4) is 11.4 Å². The van der Waals surface area contributed by atoms with E-state index in [-0.39, 0.29) is 5.78 Å². The van der Waals surface area contributed by atoms with Crippen LogP contribution in [0.25, 0.3) is 11.4 Å². The first kappa shape index (κ1) is 17.2. The van der Waals surface area contributed by atoms with Gasteiger partial charge in [0.1, 0.15) is 11.6 Å². The maximum absolute atomic E-state index is 11.7. The Morgan fingerprint density at radius 3 is 2.48 bits per heavy atom. The van der Waals surface area contributed by atoms with Crippen LogP contribution >= 0.6 is 0 Å². The molecule has 1 saturated heterocycles. The highest BCUT2D eigenvalue weighted by atomic mass is 16.1. The highest BCUT2D eigenvalue weighted by molar-refractivity contribution is 5.95. The number of benzene rings is 2. The molecule has 0 amide bonds. The van der Waals surface area contributed by atoms with Crippen LogP contribution in [0.1, 0.15) is 30.1 Å². The molecule has 0 spiro atoms. The summed E-state index contributed by atoms with van der Waals surface area (Å²) < 4.78 is 0. The first-order valence-corrected chi connectivity index (χ1v) is 9.26. The number of carbonyl (C=O) groups excluding carboxylic acids is 1. The van der Waals surface area contributed by atoms with Crippen LogP contribution in [0.3, 0.4) is 0 Å². The molecule has 1 aliphatic heterocycles. The number of hydrogen-bond donors (Lipinski definition) is 1. The Morgan fingerprint density at radius 2 is 1.74 bits per heavy atom. The SMILES string of the molecule is CC(=O)c1cccc(Nc2cc(N3CCCC3)nc(-c3ccccc3)n2)c1. The summed E-state index contributed by atoms with van der Waals surface area (Å²) in [5, 5.41) is 3.34. The molecule has 0 radical (unpaired) electrons. The van der Waals surface area contributed by atoms with Crippen molar-refractivity contribution < 1.29 is 4.79 Å². The molecule has 5 heteroatoms. The summed E-state index contributed by atoms with van der Waals surface area (Å²) in [6.45, 7) is 3.61. The highest BCUT2D eigenvalue weighted by Gasteiger charge is 2.16. The monoisotopic (exact) mass is 358 g/mol. The minimum absolute atomic E-state index is 0.0454. The van der Waals surface area contributed by atoms with E-state index in [1.165, 1.54) is 12.8 Å². The van der Waals surface area contributed by atoms with Gasteiger partial charge in [-0.2, -0.15) is 0 Å². The van der Waals surface area contributed by atoms with Gasteiger partial charge in [-0.05, 0) is 31.9 Å². The molecule has 0 atom stereocenters. The van der Waals surface area contributed by atoms with E-state index in [1.54, 1.807) is 6.92 Å². The molecule has 1 N–H and O–H groups in total. The summed E-state index contributed by atoms with van der Waals surface area (Å²) in [4.78, 5) is 23.5. The number of nitrogens with zero attached hydrogens (tertiary/aromatic N) is 3. The summed E-state index contributed by atoms with van der Waals surface area (Å²) in [5.74, 6) is 2.41. The number of hydrogen-bond acceptors (Lipinski definition) is 5. The Bertz CT molecular complexity index is 950. The van der Waals surface area contributed by atoms with Crippen molar-refractivity contribution in [3.63, 3.8) is 0 Å². The Kier molecular flexibility index (Phi) is 4.83. The summed E-state index contributed by atoms with van der Waals surface area (Å²) >= 11 is 0. The Morgan fingerprint density at radius 1 is 0.963 bits per heavy atom. The molecule has 2 heterocycles. The van der Waals surface area contributed by atoms with Crippen LogP contribution in [0.2, 0.25) is 0 Å². The third-order valence-corrected chi connectivity index (χ3v) is 4.72. The number of ketones is 1. The molecule has 136 valence electrons. The standard InChI is InChI=1S/C22H22N4O/c1-16(27)18-10-7-11-19(14-18)23-20-15-21(26-12-5-6-13-26)25-22(24-20)17-8-3-2-4-9-17/h2-4,7-11,14-15H,5-6,12-13H2,1H3,(H,23,24,25). The van der Waals surface area contributed by atoms with E-state index < -0.39 is 0 Å². The summed E-state index contributed by atoms with van der Waals surface area (Å²) in [6.07, 6.45) is 2.38. The van der Waals surface area contributed by atoms with E-state index in [0.717, 1.165) is 36.0 Å². The molecule has 0 saturated carbocycles. The van der Waals surface area contributed by atoms with E-state index in [0.29, 0.717) is 11.4 Å². The lowest BCUT2D eigenvalue weighted by Crippen LogP contribution is -2.19. The lowest BCUT2D eigenvalue weighted by molar-refractivity contribution is 0.101. The van der Waals surface area contributed by atoms with Gasteiger partial charge in [-0.25, -0.2) is 9.97 Å². The molecule has 1 aliphatic rings. The van der Waals surface area contributed by atoms with Gasteiger partial charge in [0.25, 0.3) is 0 Å². The molecule has 5 nitrogen and oxygen atoms in total. The van der Waals surface area contributed by atoms with Crippen LogP contribution in [-0.4, -0.2) is 28.8 Å². The fraction of sp³-hybridized carbons (Fsp3) is 0.227. The quantitative estimate of drug-likeness (QED) is 0.671. The molecule has 27 heavy (non-hydrogen) atoms. The second-order valence-corrected chi connectivity index (χ2v) is 6.76. The van der Waals surface area contributed by atoms with Crippen molar-refractivity contribution >= 4 is 23.1 Å². The van der Waals surface area contributed by atoms with Crippen LogP contribution in [-0.2, 0) is 0 Å². The fourth-order valence-electron chi connectivity index (χ4n) is 3.29. The number of aromatic nitrogens is 2. The largest absolute Gasteiger partial charge is 0.356 e. The van der Waals surface area contributed by atoms with Crippen LogP contribution < -0.4 is 10.2 Å². The Hall–Kier alpha value is -3.21. The van der Waals surface area contributed by atoms with Crippen LogP contribution in [0.5, 0.6) is 0 Å². The van der Waals surface area contributed by atoms with Crippen LogP contribution in [0.4, 0.5) is 17.3 Å². The predicted octanol–water partition coefficient (Wildman–Crippen LogP) is 4.69. The molecule has 1 fully saturated rings. The Balaban J connectivity index is 1.71. The molecule has 3 aromatic rings. The van der Waals surface area contributed by atoms with Crippen molar-refractivity contribution in [2.45, 2.75) is 19.8 Å². The maximum atomic E-state index is 11.7. The van der Waals surface area contributed by atoms with Gasteiger partial charge in [-0.3, -0.25) is 4.79 Å². The summed E-state index contributed by atoms with van der Waals surface area (Å²) in [6, 6.07) is 19.5. The van der Waals surface area contributed by atoms with E-state index >= 15 is 0 Å². The lowest BCUT2D eigenvalue weighted by atomic mass is 10.1. The van der Waals surface area contributed by atoms with Crippen LogP contribution in [0.15, 0.2) is 60.7 Å². The normalized spacial score (nSPS) is 13.6. The predicted molar refractivity (Wildman–Crippen MR) is 109 cm³/mol. The van der Waals surface area contributed by atoms with Crippen molar-refractivity contribution in [2.75, 3.05) is 23.3 Å². The van der Waals surface area contributed by atoms with E-state index in [2.05, 4.69) is 10.2 Å². The average molecular weight is 358 g/mol. The van der Waals surface area contributed by atoms with Crippen molar-refractivity contribution in [1.82, 2.24) is 9.97 Å². The zero-order valence-electron chi connectivity index (χ0n) is 15.4. The van der Waals surface area contributed by atoms with Gasteiger partial charge in [-0.15, -0.1) is 0 Å². The molecule has 0 bridgehead atoms. The van der Waals surface area contributed by atoms with Gasteiger partial charge >= 0.3 is 0 Å². The molecule has 0 aliphatic carbocycles. The second kappa shape index (κ2) is 7.58. The van der Waals surface area contributed by atoms with Crippen molar-refractivity contribution in [1.29, 1.82) is 0 Å². The van der Waals surface area contributed by atoms with E-state index in [9.17, 15) is 4.79 Å². The van der Waals surface area contributed by atoms with Crippen molar-refractivity contribution in [2.24, 2.45) is 0 Å². The van der Waals surface area contributed by atoms with E-state index in [4.69, 9.17) is 9.97 Å². The fourth-order valence-corrected chi connectivity index (χ4v) is 3.29. The number of rotatable bonds is 5. The van der Waals surface area contributed by atoms with Gasteiger partial charge in [0.2, 0.25) is 0 Å². The minimum atomic E-state index is 0.0454. The molecule has 2 aromatic carbocycles. The first-order chi connectivity index (χ1) is 13.2. The molecular weight excluding hydrogens is 336 g/mol. The molecular formula is C22H22N4O. The number of Topliss-reactive ketones (excluding diaryl/α,β-unsaturated/α-hetero) is 1. The third-order valence-electron chi connectivity index (χ3n) is 4.72. The lowest BCUT2D eigenvalue weighted by Gasteiger charge is -2.18. The molecule has 4 rings (SSSR count). The number of nitrogens with one attached hydrogen (secondary N) is 1. The number of anilines is 3. The average Bonchev–Trinajstić information content (AvgIpc) is 3.23. The number of carbonyl (C=O) groups is 1. The third kappa shape index (κ3) is 3.97. The van der Waals surface area contributed by atoms with Crippen molar-refractivity contribution in [3.05, 3.63) is 66.2 Å². The maximum Gasteiger partial charge on any atom is 0.163 e. The zero-order chi connectivity index (χ0) is 18.6. The zero-order valence-corrected chi connectivity index (χ0v) is 15.4. The summed E-state index contributed by atoms with van der Waals surface area (Å²) in [7, 11) is 0. The summed E-state index contributed by atoms with van der Waals surface area (Å²) in [5.41, 5.74) is 2.50. The van der Waals surface area contributed by atoms with Gasteiger partial charge < -0.3 is 10.2 Å². The van der Waals surface area contributed by atoms with Gasteiger partial charge in [0.15, 0.2) is 11.6 Å². The Labute approximate surface area is 159 Å².